The minimum absolute atomic E-state index is 0.00556. The number of hydrogen-bond acceptors (Lipinski definition) is 4. The van der Waals surface area contributed by atoms with E-state index in [-0.39, 0.29) is 16.4 Å². The zero-order valence-electron chi connectivity index (χ0n) is 15.0. The van der Waals surface area contributed by atoms with E-state index < -0.39 is 15.6 Å². The Labute approximate surface area is 162 Å². The van der Waals surface area contributed by atoms with Crippen LogP contribution < -0.4 is 14.8 Å². The first-order valence-electron chi connectivity index (χ1n) is 7.81. The normalized spacial score (nSPS) is 11.7. The summed E-state index contributed by atoms with van der Waals surface area (Å²) in [5, 5.41) is 2.81. The largest absolute Gasteiger partial charge is 0.496 e. The topological polar surface area (TPSA) is 84.5 Å². The number of hydrogen-bond donors (Lipinski definition) is 2. The molecule has 0 spiro atoms. The van der Waals surface area contributed by atoms with Gasteiger partial charge in [-0.3, -0.25) is 9.52 Å². The summed E-state index contributed by atoms with van der Waals surface area (Å²) in [6.07, 6.45) is 0. The number of rotatable bonds is 5. The highest BCUT2D eigenvalue weighted by Crippen LogP contribution is 2.29. The zero-order valence-corrected chi connectivity index (χ0v) is 17.4. The van der Waals surface area contributed by atoms with Crippen LogP contribution >= 0.6 is 15.9 Å². The molecule has 0 fully saturated rings. The first-order valence-corrected chi connectivity index (χ1v) is 10.1. The Morgan fingerprint density at radius 1 is 1.12 bits per heavy atom. The molecule has 2 aromatic rings. The van der Waals surface area contributed by atoms with E-state index in [1.165, 1.54) is 25.3 Å². The van der Waals surface area contributed by atoms with E-state index in [1.54, 1.807) is 24.3 Å². The van der Waals surface area contributed by atoms with Crippen molar-refractivity contribution in [3.8, 4) is 5.75 Å². The number of methoxy groups -OCH3 is 1. The summed E-state index contributed by atoms with van der Waals surface area (Å²) in [4.78, 5) is 12.3. The molecule has 0 saturated heterocycles. The minimum Gasteiger partial charge on any atom is -0.496 e. The van der Waals surface area contributed by atoms with E-state index in [9.17, 15) is 13.2 Å². The Bertz CT molecular complexity index is 921. The third kappa shape index (κ3) is 5.22. The molecule has 0 aliphatic heterocycles. The van der Waals surface area contributed by atoms with Gasteiger partial charge < -0.3 is 10.1 Å². The van der Waals surface area contributed by atoms with Crippen LogP contribution in [0.25, 0.3) is 0 Å². The summed E-state index contributed by atoms with van der Waals surface area (Å²) >= 11 is 3.32. The third-order valence-corrected chi connectivity index (χ3v) is 5.30. The summed E-state index contributed by atoms with van der Waals surface area (Å²) in [6, 6.07) is 10.7. The second-order valence-electron chi connectivity index (χ2n) is 6.69. The molecule has 0 aliphatic carbocycles. The molecule has 0 unspecified atom stereocenters. The van der Waals surface area contributed by atoms with Crippen LogP contribution in [-0.2, 0) is 10.0 Å². The smallest absolute Gasteiger partial charge is 0.261 e. The van der Waals surface area contributed by atoms with Gasteiger partial charge in [0.05, 0.1) is 22.2 Å². The van der Waals surface area contributed by atoms with Crippen molar-refractivity contribution in [2.45, 2.75) is 31.2 Å². The van der Waals surface area contributed by atoms with Gasteiger partial charge in [-0.2, -0.15) is 0 Å². The summed E-state index contributed by atoms with van der Waals surface area (Å²) in [7, 11) is -2.32. The number of carbonyl (C=O) groups is 1. The fourth-order valence-electron chi connectivity index (χ4n) is 2.16. The number of nitrogens with one attached hydrogen (secondary N) is 2. The quantitative estimate of drug-likeness (QED) is 0.740. The Morgan fingerprint density at radius 2 is 1.81 bits per heavy atom. The molecular formula is C18H21BrN2O4S. The summed E-state index contributed by atoms with van der Waals surface area (Å²) in [5.74, 6) is 0.260. The van der Waals surface area contributed by atoms with Crippen molar-refractivity contribution < 1.29 is 17.9 Å². The van der Waals surface area contributed by atoms with E-state index in [1.807, 2.05) is 20.8 Å². The molecule has 0 bridgehead atoms. The van der Waals surface area contributed by atoms with Crippen LogP contribution in [0.3, 0.4) is 0 Å². The Morgan fingerprint density at radius 3 is 2.38 bits per heavy atom. The number of benzene rings is 2. The second-order valence-corrected chi connectivity index (χ2v) is 9.22. The van der Waals surface area contributed by atoms with Crippen LogP contribution in [0, 0.1) is 0 Å². The minimum atomic E-state index is -3.84. The monoisotopic (exact) mass is 440 g/mol. The number of anilines is 1. The van der Waals surface area contributed by atoms with Crippen LogP contribution in [0.1, 0.15) is 31.1 Å². The number of sulfonamides is 1. The van der Waals surface area contributed by atoms with Crippen molar-refractivity contribution in [1.29, 1.82) is 0 Å². The molecule has 6 nitrogen and oxygen atoms in total. The predicted octanol–water partition coefficient (Wildman–Crippen LogP) is 3.79. The highest BCUT2D eigenvalue weighted by Gasteiger charge is 2.19. The van der Waals surface area contributed by atoms with Gasteiger partial charge in [-0.25, -0.2) is 8.42 Å². The lowest BCUT2D eigenvalue weighted by Gasteiger charge is -2.20. The van der Waals surface area contributed by atoms with Crippen molar-refractivity contribution >= 4 is 37.5 Å². The van der Waals surface area contributed by atoms with Gasteiger partial charge in [0.2, 0.25) is 0 Å². The van der Waals surface area contributed by atoms with Gasteiger partial charge in [0.15, 0.2) is 0 Å². The van der Waals surface area contributed by atoms with E-state index >= 15 is 0 Å². The number of carbonyl (C=O) groups excluding carboxylic acids is 1. The van der Waals surface area contributed by atoms with Gasteiger partial charge >= 0.3 is 0 Å². The summed E-state index contributed by atoms with van der Waals surface area (Å²) in [6.45, 7) is 5.57. The van der Waals surface area contributed by atoms with Gasteiger partial charge in [0.1, 0.15) is 5.75 Å². The molecule has 0 aromatic heterocycles. The molecule has 1 amide bonds. The first kappa shape index (κ1) is 20.3. The predicted molar refractivity (Wildman–Crippen MR) is 105 cm³/mol. The number of ether oxygens (including phenoxy) is 1. The van der Waals surface area contributed by atoms with Gasteiger partial charge in [-0.15, -0.1) is 0 Å². The van der Waals surface area contributed by atoms with Crippen molar-refractivity contribution in [3.05, 3.63) is 52.5 Å². The maximum Gasteiger partial charge on any atom is 0.261 e. The molecule has 0 aliphatic rings. The molecule has 0 heterocycles. The maximum atomic E-state index is 12.6. The number of halogens is 1. The molecular weight excluding hydrogens is 420 g/mol. The fourth-order valence-corrected chi connectivity index (χ4v) is 3.80. The molecule has 2 N–H and O–H groups in total. The van der Waals surface area contributed by atoms with Crippen molar-refractivity contribution in [1.82, 2.24) is 5.32 Å². The van der Waals surface area contributed by atoms with Gasteiger partial charge in [-0.05, 0) is 73.1 Å². The standard InChI is InChI=1S/C18H21BrN2O4S/c1-18(2,3)20-17(22)12-6-5-7-14(10-12)26(23,24)21-13-8-9-16(25-4)15(19)11-13/h5-11,21H,1-4H3,(H,20,22). The SMILES string of the molecule is COc1ccc(NS(=O)(=O)c2cccc(C(=O)NC(C)(C)C)c2)cc1Br. The fraction of sp³-hybridized carbons (Fsp3) is 0.278. The van der Waals surface area contributed by atoms with Crippen LogP contribution in [-0.4, -0.2) is 27.0 Å². The van der Waals surface area contributed by atoms with E-state index in [0.717, 1.165) is 0 Å². The molecule has 26 heavy (non-hydrogen) atoms. The molecule has 0 radical (unpaired) electrons. The van der Waals surface area contributed by atoms with Crippen LogP contribution in [0.2, 0.25) is 0 Å². The molecule has 140 valence electrons. The summed E-state index contributed by atoms with van der Waals surface area (Å²) in [5.41, 5.74) is 0.237. The van der Waals surface area contributed by atoms with Gasteiger partial charge in [0, 0.05) is 11.1 Å². The average Bonchev–Trinajstić information content (AvgIpc) is 2.53. The van der Waals surface area contributed by atoms with E-state index in [4.69, 9.17) is 4.74 Å². The second kappa shape index (κ2) is 7.67. The van der Waals surface area contributed by atoms with Crippen LogP contribution in [0.15, 0.2) is 51.8 Å². The van der Waals surface area contributed by atoms with Crippen LogP contribution in [0.5, 0.6) is 5.75 Å². The zero-order chi connectivity index (χ0) is 19.5. The summed E-state index contributed by atoms with van der Waals surface area (Å²) < 4.78 is 33.5. The lowest BCUT2D eigenvalue weighted by Crippen LogP contribution is -2.40. The van der Waals surface area contributed by atoms with E-state index in [0.29, 0.717) is 15.9 Å². The molecule has 0 atom stereocenters. The molecule has 2 aromatic carbocycles. The van der Waals surface area contributed by atoms with Gasteiger partial charge in [-0.1, -0.05) is 6.07 Å². The van der Waals surface area contributed by atoms with Crippen molar-refractivity contribution in [3.63, 3.8) is 0 Å². The lowest BCUT2D eigenvalue weighted by atomic mass is 10.1. The number of amides is 1. The highest BCUT2D eigenvalue weighted by molar-refractivity contribution is 9.10. The Balaban J connectivity index is 2.28. The lowest BCUT2D eigenvalue weighted by molar-refractivity contribution is 0.0919. The Hall–Kier alpha value is -2.06. The van der Waals surface area contributed by atoms with Gasteiger partial charge in [0.25, 0.3) is 15.9 Å². The maximum absolute atomic E-state index is 12.6. The molecule has 0 saturated carbocycles. The third-order valence-electron chi connectivity index (χ3n) is 3.30. The van der Waals surface area contributed by atoms with Crippen LogP contribution in [0.4, 0.5) is 5.69 Å². The first-order chi connectivity index (χ1) is 12.0. The van der Waals surface area contributed by atoms with Crippen molar-refractivity contribution in [2.24, 2.45) is 0 Å². The van der Waals surface area contributed by atoms with E-state index in [2.05, 4.69) is 26.0 Å². The molecule has 8 heteroatoms. The average molecular weight is 441 g/mol. The molecule has 2 rings (SSSR count). The van der Waals surface area contributed by atoms with Crippen molar-refractivity contribution in [2.75, 3.05) is 11.8 Å². The highest BCUT2D eigenvalue weighted by atomic mass is 79.9. The Kier molecular flexibility index (Phi) is 5.98.